The Morgan fingerprint density at radius 1 is 1.10 bits per heavy atom. The van der Waals surface area contributed by atoms with Gasteiger partial charge < -0.3 is 5.32 Å². The van der Waals surface area contributed by atoms with Crippen LogP contribution in [0.1, 0.15) is 11.1 Å². The van der Waals surface area contributed by atoms with Gasteiger partial charge in [0, 0.05) is 11.8 Å². The first-order chi connectivity index (χ1) is 10.0. The van der Waals surface area contributed by atoms with E-state index < -0.39 is 10.7 Å². The minimum absolute atomic E-state index is 0.0647. The SMILES string of the molecule is N#Cc1cc(F)ccc1Nc1ccc(C#N)c([N+](=O)[O-])c1. The van der Waals surface area contributed by atoms with Gasteiger partial charge in [-0.1, -0.05) is 0 Å². The van der Waals surface area contributed by atoms with Crippen molar-refractivity contribution in [3.05, 3.63) is 63.5 Å². The van der Waals surface area contributed by atoms with Crippen LogP contribution in [0.4, 0.5) is 21.5 Å². The van der Waals surface area contributed by atoms with Gasteiger partial charge in [0.2, 0.25) is 0 Å². The Balaban J connectivity index is 2.42. The fourth-order valence-corrected chi connectivity index (χ4v) is 1.73. The Labute approximate surface area is 118 Å². The summed E-state index contributed by atoms with van der Waals surface area (Å²) < 4.78 is 13.0. The molecule has 0 fully saturated rings. The molecule has 21 heavy (non-hydrogen) atoms. The predicted molar refractivity (Wildman–Crippen MR) is 72.2 cm³/mol. The van der Waals surface area contributed by atoms with Crippen molar-refractivity contribution in [3.8, 4) is 12.1 Å². The summed E-state index contributed by atoms with van der Waals surface area (Å²) in [6, 6.07) is 11.1. The minimum atomic E-state index is -0.667. The average molecular weight is 282 g/mol. The summed E-state index contributed by atoms with van der Waals surface area (Å²) in [7, 11) is 0. The summed E-state index contributed by atoms with van der Waals surface area (Å²) in [5.41, 5.74) is 0.303. The smallest absolute Gasteiger partial charge is 0.289 e. The van der Waals surface area contributed by atoms with Gasteiger partial charge in [-0.15, -0.1) is 0 Å². The van der Waals surface area contributed by atoms with Gasteiger partial charge in [-0.25, -0.2) is 4.39 Å². The molecule has 2 rings (SSSR count). The number of nitriles is 2. The van der Waals surface area contributed by atoms with Gasteiger partial charge in [-0.05, 0) is 30.3 Å². The highest BCUT2D eigenvalue weighted by Crippen LogP contribution is 2.26. The molecule has 0 amide bonds. The van der Waals surface area contributed by atoms with Gasteiger partial charge in [0.15, 0.2) is 0 Å². The summed E-state index contributed by atoms with van der Waals surface area (Å²) in [4.78, 5) is 10.2. The van der Waals surface area contributed by atoms with Gasteiger partial charge in [0.25, 0.3) is 5.69 Å². The maximum atomic E-state index is 13.0. The van der Waals surface area contributed by atoms with E-state index in [1.807, 2.05) is 6.07 Å². The summed E-state index contributed by atoms with van der Waals surface area (Å²) in [6.45, 7) is 0. The second-order valence-corrected chi connectivity index (χ2v) is 4.03. The molecule has 0 aliphatic rings. The molecule has 0 saturated carbocycles. The second kappa shape index (κ2) is 5.68. The molecule has 0 atom stereocenters. The number of nitro groups is 1. The van der Waals surface area contributed by atoms with Crippen LogP contribution in [0.2, 0.25) is 0 Å². The first kappa shape index (κ1) is 14.0. The number of halogens is 1. The molecule has 0 unspecified atom stereocenters. The molecule has 0 aromatic heterocycles. The number of anilines is 2. The summed E-state index contributed by atoms with van der Waals surface area (Å²) in [5.74, 6) is -0.553. The molecule has 0 aliphatic heterocycles. The third-order valence-corrected chi connectivity index (χ3v) is 2.70. The highest BCUT2D eigenvalue weighted by Gasteiger charge is 2.14. The number of nitrogens with one attached hydrogen (secondary N) is 1. The molecule has 0 heterocycles. The van der Waals surface area contributed by atoms with Gasteiger partial charge >= 0.3 is 0 Å². The Kier molecular flexibility index (Phi) is 3.78. The van der Waals surface area contributed by atoms with Crippen molar-refractivity contribution in [1.29, 1.82) is 10.5 Å². The number of rotatable bonds is 3. The normalized spacial score (nSPS) is 9.48. The Morgan fingerprint density at radius 2 is 1.81 bits per heavy atom. The van der Waals surface area contributed by atoms with E-state index in [1.54, 1.807) is 6.07 Å². The molecular weight excluding hydrogens is 275 g/mol. The maximum Gasteiger partial charge on any atom is 0.289 e. The zero-order valence-corrected chi connectivity index (χ0v) is 10.5. The third-order valence-electron chi connectivity index (χ3n) is 2.70. The lowest BCUT2D eigenvalue weighted by Gasteiger charge is -2.08. The van der Waals surface area contributed by atoms with Crippen molar-refractivity contribution in [2.75, 3.05) is 5.32 Å². The van der Waals surface area contributed by atoms with E-state index in [4.69, 9.17) is 10.5 Å². The highest BCUT2D eigenvalue weighted by molar-refractivity contribution is 5.69. The molecular formula is C14H7FN4O2. The van der Waals surface area contributed by atoms with Crippen molar-refractivity contribution in [3.63, 3.8) is 0 Å². The Bertz CT molecular complexity index is 806. The zero-order chi connectivity index (χ0) is 15.4. The van der Waals surface area contributed by atoms with Crippen LogP contribution in [0.5, 0.6) is 0 Å². The quantitative estimate of drug-likeness (QED) is 0.687. The van der Waals surface area contributed by atoms with E-state index in [0.717, 1.165) is 6.07 Å². The fraction of sp³-hybridized carbons (Fsp3) is 0. The van der Waals surface area contributed by atoms with Crippen LogP contribution in [0, 0.1) is 38.6 Å². The van der Waals surface area contributed by atoms with Crippen LogP contribution in [-0.4, -0.2) is 4.92 Å². The second-order valence-electron chi connectivity index (χ2n) is 4.03. The molecule has 7 heteroatoms. The number of hydrogen-bond donors (Lipinski definition) is 1. The maximum absolute atomic E-state index is 13.0. The van der Waals surface area contributed by atoms with Crippen molar-refractivity contribution in [1.82, 2.24) is 0 Å². The minimum Gasteiger partial charge on any atom is -0.354 e. The van der Waals surface area contributed by atoms with Crippen LogP contribution in [0.25, 0.3) is 0 Å². The van der Waals surface area contributed by atoms with Crippen LogP contribution in [0.3, 0.4) is 0 Å². The standard InChI is InChI=1S/C14H7FN4O2/c15-11-2-4-13(10(5-11)8-17)18-12-3-1-9(7-16)14(6-12)19(20)21/h1-6,18H. The molecule has 2 aromatic carbocycles. The molecule has 102 valence electrons. The van der Waals surface area contributed by atoms with Crippen LogP contribution in [0.15, 0.2) is 36.4 Å². The van der Waals surface area contributed by atoms with Gasteiger partial charge in [0.1, 0.15) is 23.5 Å². The lowest BCUT2D eigenvalue weighted by atomic mass is 10.1. The van der Waals surface area contributed by atoms with E-state index in [0.29, 0.717) is 11.4 Å². The monoisotopic (exact) mass is 282 g/mol. The number of hydrogen-bond acceptors (Lipinski definition) is 5. The Hall–Kier alpha value is -3.45. The molecule has 2 aromatic rings. The molecule has 6 nitrogen and oxygen atoms in total. The lowest BCUT2D eigenvalue weighted by molar-refractivity contribution is -0.385. The summed E-state index contributed by atoms with van der Waals surface area (Å²) in [5, 5.41) is 31.4. The van der Waals surface area contributed by atoms with Crippen molar-refractivity contribution in [2.24, 2.45) is 0 Å². The van der Waals surface area contributed by atoms with Gasteiger partial charge in [-0.2, -0.15) is 10.5 Å². The van der Waals surface area contributed by atoms with Crippen LogP contribution >= 0.6 is 0 Å². The van der Waals surface area contributed by atoms with E-state index in [1.165, 1.54) is 30.3 Å². The first-order valence-electron chi connectivity index (χ1n) is 5.70. The van der Waals surface area contributed by atoms with Gasteiger partial charge in [-0.3, -0.25) is 10.1 Å². The number of benzene rings is 2. The van der Waals surface area contributed by atoms with E-state index in [-0.39, 0.29) is 16.8 Å². The average Bonchev–Trinajstić information content (AvgIpc) is 2.48. The van der Waals surface area contributed by atoms with Crippen molar-refractivity contribution >= 4 is 17.1 Å². The highest BCUT2D eigenvalue weighted by atomic mass is 19.1. The molecule has 0 radical (unpaired) electrons. The predicted octanol–water partition coefficient (Wildman–Crippen LogP) is 3.22. The number of nitrogens with zero attached hydrogens (tertiary/aromatic N) is 3. The Morgan fingerprint density at radius 3 is 2.43 bits per heavy atom. The molecule has 0 bridgehead atoms. The van der Waals surface area contributed by atoms with E-state index in [2.05, 4.69) is 5.32 Å². The van der Waals surface area contributed by atoms with Crippen LogP contribution in [-0.2, 0) is 0 Å². The largest absolute Gasteiger partial charge is 0.354 e. The molecule has 0 spiro atoms. The van der Waals surface area contributed by atoms with Gasteiger partial charge in [0.05, 0.1) is 16.2 Å². The summed E-state index contributed by atoms with van der Waals surface area (Å²) >= 11 is 0. The topological polar surface area (TPSA) is 103 Å². The third kappa shape index (κ3) is 2.94. The fourth-order valence-electron chi connectivity index (χ4n) is 1.73. The van der Waals surface area contributed by atoms with E-state index in [9.17, 15) is 14.5 Å². The molecule has 1 N–H and O–H groups in total. The molecule has 0 aliphatic carbocycles. The zero-order valence-electron chi connectivity index (χ0n) is 10.5. The lowest BCUT2D eigenvalue weighted by Crippen LogP contribution is -1.97. The van der Waals surface area contributed by atoms with Crippen LogP contribution < -0.4 is 5.32 Å². The van der Waals surface area contributed by atoms with Crippen molar-refractivity contribution in [2.45, 2.75) is 0 Å². The van der Waals surface area contributed by atoms with E-state index >= 15 is 0 Å². The number of nitro benzene ring substituents is 1. The van der Waals surface area contributed by atoms with Crippen molar-refractivity contribution < 1.29 is 9.31 Å². The molecule has 0 saturated heterocycles. The first-order valence-corrected chi connectivity index (χ1v) is 5.70. The summed E-state index contributed by atoms with van der Waals surface area (Å²) in [6.07, 6.45) is 0.